The second kappa shape index (κ2) is 4.41. The SMILES string of the molecule is CC(C)(C)OC(=O)n1ccnc1CON. The zero-order chi connectivity index (χ0) is 11.5. The highest BCUT2D eigenvalue weighted by molar-refractivity contribution is 5.71. The number of ether oxygens (including phenoxy) is 1. The van der Waals surface area contributed by atoms with E-state index in [0.29, 0.717) is 5.82 Å². The van der Waals surface area contributed by atoms with Crippen molar-refractivity contribution in [3.8, 4) is 0 Å². The van der Waals surface area contributed by atoms with Gasteiger partial charge >= 0.3 is 6.09 Å². The van der Waals surface area contributed by atoms with E-state index in [9.17, 15) is 4.79 Å². The Morgan fingerprint density at radius 1 is 1.60 bits per heavy atom. The Morgan fingerprint density at radius 3 is 2.80 bits per heavy atom. The van der Waals surface area contributed by atoms with E-state index < -0.39 is 11.7 Å². The molecule has 0 unspecified atom stereocenters. The average Bonchev–Trinajstić information content (AvgIpc) is 2.49. The lowest BCUT2D eigenvalue weighted by Crippen LogP contribution is -2.28. The molecule has 2 N–H and O–H groups in total. The Bertz CT molecular complexity index is 341. The lowest BCUT2D eigenvalue weighted by molar-refractivity contribution is 0.0508. The highest BCUT2D eigenvalue weighted by Gasteiger charge is 2.19. The molecular weight excluding hydrogens is 198 g/mol. The number of hydrogen-bond donors (Lipinski definition) is 1. The molecule has 6 heteroatoms. The van der Waals surface area contributed by atoms with Gasteiger partial charge in [0.05, 0.1) is 0 Å². The van der Waals surface area contributed by atoms with Crippen molar-refractivity contribution in [3.63, 3.8) is 0 Å². The Kier molecular flexibility index (Phi) is 3.43. The minimum atomic E-state index is -0.539. The third kappa shape index (κ3) is 3.34. The maximum atomic E-state index is 11.6. The molecule has 0 bridgehead atoms. The maximum Gasteiger partial charge on any atom is 0.420 e. The fraction of sp³-hybridized carbons (Fsp3) is 0.556. The Labute approximate surface area is 87.9 Å². The molecule has 15 heavy (non-hydrogen) atoms. The molecule has 1 aromatic rings. The van der Waals surface area contributed by atoms with Crippen LogP contribution in [0, 0.1) is 0 Å². The first-order valence-corrected chi connectivity index (χ1v) is 4.51. The number of nitrogens with zero attached hydrogens (tertiary/aromatic N) is 2. The number of imidazole rings is 1. The fourth-order valence-electron chi connectivity index (χ4n) is 0.993. The quantitative estimate of drug-likeness (QED) is 0.743. The monoisotopic (exact) mass is 213 g/mol. The van der Waals surface area contributed by atoms with E-state index in [1.54, 1.807) is 20.8 Å². The van der Waals surface area contributed by atoms with Crippen molar-refractivity contribution in [1.82, 2.24) is 9.55 Å². The molecule has 0 saturated carbocycles. The largest absolute Gasteiger partial charge is 0.443 e. The van der Waals surface area contributed by atoms with Crippen LogP contribution < -0.4 is 5.90 Å². The molecule has 1 aromatic heterocycles. The molecule has 0 aliphatic rings. The van der Waals surface area contributed by atoms with Crippen molar-refractivity contribution in [2.75, 3.05) is 0 Å². The Morgan fingerprint density at radius 2 is 2.27 bits per heavy atom. The van der Waals surface area contributed by atoms with E-state index >= 15 is 0 Å². The van der Waals surface area contributed by atoms with Crippen molar-refractivity contribution < 1.29 is 14.4 Å². The molecule has 0 amide bonds. The van der Waals surface area contributed by atoms with E-state index in [1.165, 1.54) is 17.0 Å². The zero-order valence-corrected chi connectivity index (χ0v) is 9.06. The second-order valence-corrected chi connectivity index (χ2v) is 4.00. The summed E-state index contributed by atoms with van der Waals surface area (Å²) in [4.78, 5) is 20.0. The summed E-state index contributed by atoms with van der Waals surface area (Å²) in [7, 11) is 0. The molecule has 0 aromatic carbocycles. The summed E-state index contributed by atoms with van der Waals surface area (Å²) < 4.78 is 6.42. The van der Waals surface area contributed by atoms with E-state index in [2.05, 4.69) is 9.82 Å². The van der Waals surface area contributed by atoms with Gasteiger partial charge in [0, 0.05) is 12.4 Å². The summed E-state index contributed by atoms with van der Waals surface area (Å²) in [6.45, 7) is 5.44. The van der Waals surface area contributed by atoms with Crippen LogP contribution >= 0.6 is 0 Å². The van der Waals surface area contributed by atoms with Gasteiger partial charge in [-0.25, -0.2) is 20.2 Å². The molecule has 1 rings (SSSR count). The zero-order valence-electron chi connectivity index (χ0n) is 9.06. The van der Waals surface area contributed by atoms with Gasteiger partial charge < -0.3 is 4.74 Å². The lowest BCUT2D eigenvalue weighted by Gasteiger charge is -2.19. The van der Waals surface area contributed by atoms with Crippen LogP contribution in [0.15, 0.2) is 12.4 Å². The molecule has 0 saturated heterocycles. The van der Waals surface area contributed by atoms with Crippen LogP contribution in [0.3, 0.4) is 0 Å². The molecule has 6 nitrogen and oxygen atoms in total. The Hall–Kier alpha value is -1.40. The highest BCUT2D eigenvalue weighted by atomic mass is 16.6. The first kappa shape index (κ1) is 11.7. The Balaban J connectivity index is 2.77. The predicted octanol–water partition coefficient (Wildman–Crippen LogP) is 1.06. The summed E-state index contributed by atoms with van der Waals surface area (Å²) in [5.74, 6) is 5.32. The van der Waals surface area contributed by atoms with E-state index in [0.717, 1.165) is 0 Å². The maximum absolute atomic E-state index is 11.6. The van der Waals surface area contributed by atoms with Crippen LogP contribution in [0.1, 0.15) is 26.6 Å². The van der Waals surface area contributed by atoms with Crippen molar-refractivity contribution >= 4 is 6.09 Å². The van der Waals surface area contributed by atoms with E-state index in [1.807, 2.05) is 0 Å². The number of aromatic nitrogens is 2. The van der Waals surface area contributed by atoms with Crippen molar-refractivity contribution in [3.05, 3.63) is 18.2 Å². The van der Waals surface area contributed by atoms with Crippen LogP contribution in [0.4, 0.5) is 4.79 Å². The highest BCUT2D eigenvalue weighted by Crippen LogP contribution is 2.10. The summed E-state index contributed by atoms with van der Waals surface area (Å²) in [6, 6.07) is 0. The summed E-state index contributed by atoms with van der Waals surface area (Å²) in [5.41, 5.74) is -0.539. The molecule has 0 atom stereocenters. The molecule has 0 spiro atoms. The summed E-state index contributed by atoms with van der Waals surface area (Å²) in [5, 5.41) is 0. The molecule has 0 aliphatic heterocycles. The minimum absolute atomic E-state index is 0.0617. The third-order valence-corrected chi connectivity index (χ3v) is 1.52. The van der Waals surface area contributed by atoms with Crippen molar-refractivity contribution in [2.45, 2.75) is 33.0 Å². The smallest absolute Gasteiger partial charge is 0.420 e. The topological polar surface area (TPSA) is 79.4 Å². The van der Waals surface area contributed by atoms with Gasteiger partial charge in [0.25, 0.3) is 0 Å². The van der Waals surface area contributed by atoms with Gasteiger partial charge in [0.15, 0.2) is 0 Å². The van der Waals surface area contributed by atoms with Crippen LogP contribution in [0.25, 0.3) is 0 Å². The molecule has 1 heterocycles. The van der Waals surface area contributed by atoms with Crippen LogP contribution in [0.5, 0.6) is 0 Å². The van der Waals surface area contributed by atoms with Gasteiger partial charge in [-0.1, -0.05) is 0 Å². The molecule has 84 valence electrons. The molecular formula is C9H15N3O3. The first-order valence-electron chi connectivity index (χ1n) is 4.51. The standard InChI is InChI=1S/C9H15N3O3/c1-9(2,3)15-8(13)12-5-4-11-7(12)6-14-10/h4-5H,6,10H2,1-3H3. The number of hydrogen-bond acceptors (Lipinski definition) is 5. The summed E-state index contributed by atoms with van der Waals surface area (Å²) >= 11 is 0. The number of carbonyl (C=O) groups is 1. The van der Waals surface area contributed by atoms with Crippen LogP contribution in [-0.2, 0) is 16.2 Å². The first-order chi connectivity index (χ1) is 6.94. The second-order valence-electron chi connectivity index (χ2n) is 4.00. The van der Waals surface area contributed by atoms with Gasteiger partial charge in [0.1, 0.15) is 18.0 Å². The number of carbonyl (C=O) groups excluding carboxylic acids is 1. The predicted molar refractivity (Wildman–Crippen MR) is 52.8 cm³/mol. The van der Waals surface area contributed by atoms with Gasteiger partial charge in [0.2, 0.25) is 0 Å². The minimum Gasteiger partial charge on any atom is -0.443 e. The average molecular weight is 213 g/mol. The fourth-order valence-corrected chi connectivity index (χ4v) is 0.993. The third-order valence-electron chi connectivity index (χ3n) is 1.52. The normalized spacial score (nSPS) is 11.5. The molecule has 0 radical (unpaired) electrons. The van der Waals surface area contributed by atoms with Crippen molar-refractivity contribution in [2.24, 2.45) is 5.90 Å². The van der Waals surface area contributed by atoms with Gasteiger partial charge in [-0.15, -0.1) is 0 Å². The van der Waals surface area contributed by atoms with Crippen LogP contribution in [-0.4, -0.2) is 21.2 Å². The molecule has 0 aliphatic carbocycles. The number of rotatable bonds is 2. The van der Waals surface area contributed by atoms with Crippen molar-refractivity contribution in [1.29, 1.82) is 0 Å². The van der Waals surface area contributed by atoms with E-state index in [-0.39, 0.29) is 6.61 Å². The van der Waals surface area contributed by atoms with Gasteiger partial charge in [-0.05, 0) is 20.8 Å². The number of nitrogens with two attached hydrogens (primary N) is 1. The van der Waals surface area contributed by atoms with E-state index in [4.69, 9.17) is 10.6 Å². The summed E-state index contributed by atoms with van der Waals surface area (Å²) in [6.07, 6.45) is 2.49. The molecule has 0 fully saturated rings. The lowest BCUT2D eigenvalue weighted by atomic mass is 10.2. The van der Waals surface area contributed by atoms with Gasteiger partial charge in [-0.3, -0.25) is 4.84 Å². The van der Waals surface area contributed by atoms with Gasteiger partial charge in [-0.2, -0.15) is 0 Å². The van der Waals surface area contributed by atoms with Crippen LogP contribution in [0.2, 0.25) is 0 Å².